The van der Waals surface area contributed by atoms with E-state index >= 15 is 0 Å². The molecule has 0 fully saturated rings. The van der Waals surface area contributed by atoms with Gasteiger partial charge in [-0.1, -0.05) is 17.7 Å². The Morgan fingerprint density at radius 1 is 1.21 bits per heavy atom. The van der Waals surface area contributed by atoms with Crippen molar-refractivity contribution in [2.75, 3.05) is 5.73 Å². The summed E-state index contributed by atoms with van der Waals surface area (Å²) in [5.74, 6) is 1.13. The van der Waals surface area contributed by atoms with E-state index in [1.165, 1.54) is 6.92 Å². The number of carbonyl (C=O) groups is 1. The topological polar surface area (TPSA) is 52.3 Å². The molecule has 4 heteroatoms. The van der Waals surface area contributed by atoms with Gasteiger partial charge in [-0.3, -0.25) is 4.79 Å². The smallest absolute Gasteiger partial charge is 0.162 e. The molecular formula is C15H14ClNO2. The molecule has 0 amide bonds. The van der Waals surface area contributed by atoms with E-state index in [0.717, 1.165) is 5.56 Å². The summed E-state index contributed by atoms with van der Waals surface area (Å²) in [5.41, 5.74) is 7.61. The van der Waals surface area contributed by atoms with Gasteiger partial charge in [0.15, 0.2) is 5.78 Å². The van der Waals surface area contributed by atoms with E-state index in [1.807, 2.05) is 13.0 Å². The van der Waals surface area contributed by atoms with Crippen molar-refractivity contribution in [3.05, 3.63) is 52.5 Å². The van der Waals surface area contributed by atoms with Gasteiger partial charge in [0, 0.05) is 16.3 Å². The molecule has 0 spiro atoms. The molecule has 2 aromatic carbocycles. The molecule has 0 atom stereocenters. The standard InChI is InChI=1S/C15H14ClNO2/c1-9-3-4-11(16)7-15(9)19-12-5-6-14(17)13(8-12)10(2)18/h3-8H,17H2,1-2H3. The van der Waals surface area contributed by atoms with Crippen LogP contribution in [0, 0.1) is 6.92 Å². The highest BCUT2D eigenvalue weighted by Crippen LogP contribution is 2.29. The summed E-state index contributed by atoms with van der Waals surface area (Å²) >= 11 is 5.94. The molecular weight excluding hydrogens is 262 g/mol. The number of halogens is 1. The zero-order chi connectivity index (χ0) is 14.0. The van der Waals surface area contributed by atoms with Crippen molar-refractivity contribution in [1.82, 2.24) is 0 Å². The van der Waals surface area contributed by atoms with Crippen LogP contribution in [0.4, 0.5) is 5.69 Å². The van der Waals surface area contributed by atoms with Gasteiger partial charge in [-0.05, 0) is 49.7 Å². The number of Topliss-reactive ketones (excluding diaryl/α,β-unsaturated/α-hetero) is 1. The average Bonchev–Trinajstić information content (AvgIpc) is 2.36. The van der Waals surface area contributed by atoms with Crippen LogP contribution in [0.5, 0.6) is 11.5 Å². The SMILES string of the molecule is CC(=O)c1cc(Oc2cc(Cl)ccc2C)ccc1N. The molecule has 0 saturated heterocycles. The lowest BCUT2D eigenvalue weighted by atomic mass is 10.1. The fourth-order valence-electron chi connectivity index (χ4n) is 1.71. The third-order valence-electron chi connectivity index (χ3n) is 2.78. The Balaban J connectivity index is 2.36. The summed E-state index contributed by atoms with van der Waals surface area (Å²) in [6, 6.07) is 10.4. The van der Waals surface area contributed by atoms with Crippen molar-refractivity contribution in [1.29, 1.82) is 0 Å². The van der Waals surface area contributed by atoms with Gasteiger partial charge >= 0.3 is 0 Å². The van der Waals surface area contributed by atoms with Crippen LogP contribution < -0.4 is 10.5 Å². The fraction of sp³-hybridized carbons (Fsp3) is 0.133. The second-order valence-electron chi connectivity index (χ2n) is 4.32. The van der Waals surface area contributed by atoms with Gasteiger partial charge in [-0.25, -0.2) is 0 Å². The molecule has 0 aromatic heterocycles. The Hall–Kier alpha value is -2.00. The van der Waals surface area contributed by atoms with E-state index in [2.05, 4.69) is 0 Å². The monoisotopic (exact) mass is 275 g/mol. The number of rotatable bonds is 3. The predicted octanol–water partition coefficient (Wildman–Crippen LogP) is 4.23. The number of nitrogens with two attached hydrogens (primary N) is 1. The third-order valence-corrected chi connectivity index (χ3v) is 3.02. The maximum Gasteiger partial charge on any atom is 0.162 e. The molecule has 2 aromatic rings. The third kappa shape index (κ3) is 3.06. The molecule has 0 bridgehead atoms. The molecule has 0 aliphatic rings. The molecule has 98 valence electrons. The summed E-state index contributed by atoms with van der Waals surface area (Å²) < 4.78 is 5.74. The summed E-state index contributed by atoms with van der Waals surface area (Å²) in [7, 11) is 0. The second kappa shape index (κ2) is 5.33. The summed E-state index contributed by atoms with van der Waals surface area (Å²) in [6.45, 7) is 3.40. The zero-order valence-electron chi connectivity index (χ0n) is 10.7. The predicted molar refractivity (Wildman–Crippen MR) is 77.1 cm³/mol. The number of nitrogen functional groups attached to an aromatic ring is 1. The van der Waals surface area contributed by atoms with E-state index < -0.39 is 0 Å². The van der Waals surface area contributed by atoms with E-state index in [-0.39, 0.29) is 5.78 Å². The lowest BCUT2D eigenvalue weighted by Crippen LogP contribution is -2.00. The van der Waals surface area contributed by atoms with Crippen molar-refractivity contribution in [2.45, 2.75) is 13.8 Å². The minimum atomic E-state index is -0.0919. The Morgan fingerprint density at radius 2 is 1.95 bits per heavy atom. The highest BCUT2D eigenvalue weighted by Gasteiger charge is 2.08. The van der Waals surface area contributed by atoms with Gasteiger partial charge in [-0.2, -0.15) is 0 Å². The van der Waals surface area contributed by atoms with Gasteiger partial charge in [0.2, 0.25) is 0 Å². The largest absolute Gasteiger partial charge is 0.457 e. The first kappa shape index (κ1) is 13.4. The lowest BCUT2D eigenvalue weighted by Gasteiger charge is -2.11. The molecule has 2 N–H and O–H groups in total. The van der Waals surface area contributed by atoms with Gasteiger partial charge in [0.05, 0.1) is 0 Å². The molecule has 0 aliphatic carbocycles. The first-order valence-corrected chi connectivity index (χ1v) is 6.19. The van der Waals surface area contributed by atoms with Crippen LogP contribution in [0.15, 0.2) is 36.4 Å². The maximum absolute atomic E-state index is 11.4. The van der Waals surface area contributed by atoms with Gasteiger partial charge in [0.1, 0.15) is 11.5 Å². The minimum absolute atomic E-state index is 0.0919. The van der Waals surface area contributed by atoms with Crippen LogP contribution in [0.1, 0.15) is 22.8 Å². The minimum Gasteiger partial charge on any atom is -0.457 e. The number of aryl methyl sites for hydroxylation is 1. The summed E-state index contributed by atoms with van der Waals surface area (Å²) in [6.07, 6.45) is 0. The quantitative estimate of drug-likeness (QED) is 0.674. The summed E-state index contributed by atoms with van der Waals surface area (Å²) in [5, 5.41) is 0.600. The second-order valence-corrected chi connectivity index (χ2v) is 4.75. The van der Waals surface area contributed by atoms with Gasteiger partial charge in [0.25, 0.3) is 0 Å². The zero-order valence-corrected chi connectivity index (χ0v) is 11.5. The first-order valence-electron chi connectivity index (χ1n) is 5.82. The number of ketones is 1. The van der Waals surface area contributed by atoms with Crippen LogP contribution in [0.25, 0.3) is 0 Å². The van der Waals surface area contributed by atoms with Crippen LogP contribution >= 0.6 is 11.6 Å². The highest BCUT2D eigenvalue weighted by molar-refractivity contribution is 6.30. The van der Waals surface area contributed by atoms with Crippen molar-refractivity contribution in [3.8, 4) is 11.5 Å². The number of ether oxygens (including phenoxy) is 1. The van der Waals surface area contributed by atoms with E-state index in [1.54, 1.807) is 30.3 Å². The molecule has 2 rings (SSSR count). The Bertz CT molecular complexity index is 638. The maximum atomic E-state index is 11.4. The molecule has 0 radical (unpaired) electrons. The number of hydrogen-bond acceptors (Lipinski definition) is 3. The number of carbonyl (C=O) groups excluding carboxylic acids is 1. The normalized spacial score (nSPS) is 10.3. The Morgan fingerprint density at radius 3 is 2.63 bits per heavy atom. The fourth-order valence-corrected chi connectivity index (χ4v) is 1.88. The average molecular weight is 276 g/mol. The number of benzene rings is 2. The van der Waals surface area contributed by atoms with Crippen molar-refractivity contribution >= 4 is 23.1 Å². The molecule has 0 aliphatic heterocycles. The van der Waals surface area contributed by atoms with Crippen LogP contribution in [-0.4, -0.2) is 5.78 Å². The Kier molecular flexibility index (Phi) is 3.76. The van der Waals surface area contributed by atoms with Crippen molar-refractivity contribution in [2.24, 2.45) is 0 Å². The van der Waals surface area contributed by atoms with E-state index in [4.69, 9.17) is 22.1 Å². The van der Waals surface area contributed by atoms with Crippen LogP contribution in [0.3, 0.4) is 0 Å². The molecule has 0 unspecified atom stereocenters. The van der Waals surface area contributed by atoms with Crippen LogP contribution in [-0.2, 0) is 0 Å². The molecule has 19 heavy (non-hydrogen) atoms. The van der Waals surface area contributed by atoms with Crippen LogP contribution in [0.2, 0.25) is 5.02 Å². The van der Waals surface area contributed by atoms with Gasteiger partial charge < -0.3 is 10.5 Å². The first-order chi connectivity index (χ1) is 8.97. The van der Waals surface area contributed by atoms with Crippen molar-refractivity contribution < 1.29 is 9.53 Å². The number of anilines is 1. The molecule has 3 nitrogen and oxygen atoms in total. The summed E-state index contributed by atoms with van der Waals surface area (Å²) in [4.78, 5) is 11.4. The number of hydrogen-bond donors (Lipinski definition) is 1. The Labute approximate surface area is 117 Å². The highest BCUT2D eigenvalue weighted by atomic mass is 35.5. The van der Waals surface area contributed by atoms with E-state index in [0.29, 0.717) is 27.8 Å². The van der Waals surface area contributed by atoms with E-state index in [9.17, 15) is 4.79 Å². The molecule has 0 saturated carbocycles. The lowest BCUT2D eigenvalue weighted by molar-refractivity contribution is 0.101. The molecule has 0 heterocycles. The van der Waals surface area contributed by atoms with Crippen molar-refractivity contribution in [3.63, 3.8) is 0 Å². The van der Waals surface area contributed by atoms with Gasteiger partial charge in [-0.15, -0.1) is 0 Å².